The largest absolute Gasteiger partial charge is 0.522 e. The van der Waals surface area contributed by atoms with Gasteiger partial charge in [-0.15, -0.1) is 0 Å². The number of halogens is 1. The number of ether oxygens (including phenoxy) is 1. The average molecular weight is 857 g/mol. The SMILES string of the molecule is C=C(C)[C@@H]1CC[C@]2(NCCN3CCS(=O)(=O)CC3C(=O)OCC)CC[C@]3(C)[C@H](CCC4[C@@]5(C)CC=C(C6=CC[C@@](CF)(C(=O)O[SiH](C)C)CC6)C(C)(C)[C@@H]5CC[C@]43C)C12. The van der Waals surface area contributed by atoms with Crippen molar-refractivity contribution in [1.82, 2.24) is 10.2 Å². The molecular weight excluding hydrogens is 780 g/mol. The van der Waals surface area contributed by atoms with Crippen LogP contribution in [0.2, 0.25) is 13.1 Å². The number of fused-ring (bicyclic) bond motifs is 7. The summed E-state index contributed by atoms with van der Waals surface area (Å²) in [5.74, 6) is 1.86. The molecule has 11 heteroatoms. The Morgan fingerprint density at radius 2 is 1.71 bits per heavy atom. The predicted octanol–water partition coefficient (Wildman–Crippen LogP) is 8.78. The van der Waals surface area contributed by atoms with Gasteiger partial charge in [-0.25, -0.2) is 12.8 Å². The van der Waals surface area contributed by atoms with E-state index >= 15 is 0 Å². The highest BCUT2D eigenvalue weighted by Crippen LogP contribution is 2.76. The molecule has 3 unspecified atom stereocenters. The smallest absolute Gasteiger partial charge is 0.324 e. The summed E-state index contributed by atoms with van der Waals surface area (Å²) in [4.78, 5) is 28.0. The van der Waals surface area contributed by atoms with Crippen molar-refractivity contribution in [3.63, 3.8) is 0 Å². The average Bonchev–Trinajstić information content (AvgIpc) is 3.55. The molecule has 0 radical (unpaired) electrons. The van der Waals surface area contributed by atoms with Crippen molar-refractivity contribution in [3.8, 4) is 0 Å². The minimum Gasteiger partial charge on any atom is -0.522 e. The van der Waals surface area contributed by atoms with Gasteiger partial charge in [0.2, 0.25) is 9.04 Å². The fourth-order valence-corrected chi connectivity index (χ4v) is 17.6. The molecule has 1 aliphatic heterocycles. The number of esters is 1. The number of rotatable bonds is 11. The molecule has 8 nitrogen and oxygen atoms in total. The third kappa shape index (κ3) is 7.41. The number of alkyl halides is 1. The lowest BCUT2D eigenvalue weighted by Gasteiger charge is -2.72. The maximum atomic E-state index is 14.6. The number of nitrogens with zero attached hydrogens (tertiary/aromatic N) is 1. The van der Waals surface area contributed by atoms with Crippen LogP contribution in [0.25, 0.3) is 0 Å². The van der Waals surface area contributed by atoms with Crippen molar-refractivity contribution in [3.05, 3.63) is 35.5 Å². The molecule has 0 amide bonds. The van der Waals surface area contributed by atoms with Gasteiger partial charge >= 0.3 is 11.9 Å². The Morgan fingerprint density at radius 3 is 2.36 bits per heavy atom. The van der Waals surface area contributed by atoms with Crippen LogP contribution in [0, 0.1) is 56.7 Å². The van der Waals surface area contributed by atoms with Crippen molar-refractivity contribution in [1.29, 1.82) is 0 Å². The van der Waals surface area contributed by atoms with Crippen LogP contribution < -0.4 is 5.32 Å². The minimum absolute atomic E-state index is 0.00473. The number of hydrogen-bond donors (Lipinski definition) is 1. The highest BCUT2D eigenvalue weighted by Gasteiger charge is 2.70. The van der Waals surface area contributed by atoms with E-state index < -0.39 is 43.0 Å². The summed E-state index contributed by atoms with van der Waals surface area (Å²) in [6.07, 6.45) is 17.0. The molecule has 4 saturated carbocycles. The van der Waals surface area contributed by atoms with Crippen LogP contribution in [0.3, 0.4) is 0 Å². The van der Waals surface area contributed by atoms with Crippen LogP contribution in [0.15, 0.2) is 35.5 Å². The van der Waals surface area contributed by atoms with Crippen molar-refractivity contribution < 1.29 is 31.6 Å². The number of nitrogens with one attached hydrogen (secondary N) is 1. The number of carbonyl (C=O) groups is 2. The highest BCUT2D eigenvalue weighted by atomic mass is 32.2. The van der Waals surface area contributed by atoms with E-state index in [0.717, 1.165) is 38.6 Å². The fourth-order valence-electron chi connectivity index (χ4n) is 15.5. The molecule has 6 aliphatic carbocycles. The fraction of sp³-hybridized carbons (Fsp3) is 0.833. The number of allylic oxidation sites excluding steroid dienone is 5. The van der Waals surface area contributed by atoms with Gasteiger partial charge in [0.25, 0.3) is 0 Å². The normalized spacial score (nSPS) is 42.6. The van der Waals surface area contributed by atoms with Crippen LogP contribution in [0.5, 0.6) is 0 Å². The molecule has 0 aromatic carbocycles. The Morgan fingerprint density at radius 1 is 0.966 bits per heavy atom. The molecule has 0 aromatic heterocycles. The quantitative estimate of drug-likeness (QED) is 0.125. The van der Waals surface area contributed by atoms with Gasteiger partial charge in [0, 0.05) is 25.2 Å². The van der Waals surface area contributed by atoms with Crippen LogP contribution in [-0.2, 0) is 28.6 Å². The molecular formula is C48H77FN2O6SSi. The van der Waals surface area contributed by atoms with Gasteiger partial charge in [-0.05, 0) is 166 Å². The van der Waals surface area contributed by atoms with Gasteiger partial charge < -0.3 is 14.5 Å². The van der Waals surface area contributed by atoms with E-state index in [4.69, 9.17) is 9.16 Å². The van der Waals surface area contributed by atoms with E-state index in [2.05, 4.69) is 65.6 Å². The van der Waals surface area contributed by atoms with E-state index in [9.17, 15) is 22.4 Å². The summed E-state index contributed by atoms with van der Waals surface area (Å²) in [7, 11) is -4.88. The maximum absolute atomic E-state index is 14.6. The zero-order valence-electron chi connectivity index (χ0n) is 38.0. The zero-order valence-corrected chi connectivity index (χ0v) is 40.0. The van der Waals surface area contributed by atoms with Crippen molar-refractivity contribution in [2.45, 2.75) is 150 Å². The monoisotopic (exact) mass is 857 g/mol. The van der Waals surface area contributed by atoms with E-state index in [1.54, 1.807) is 6.92 Å². The lowest BCUT2D eigenvalue weighted by atomic mass is 9.33. The summed E-state index contributed by atoms with van der Waals surface area (Å²) in [5, 5.41) is 4.16. The first-order chi connectivity index (χ1) is 27.6. The van der Waals surface area contributed by atoms with Crippen molar-refractivity contribution in [2.24, 2.45) is 56.7 Å². The summed E-state index contributed by atoms with van der Waals surface area (Å²) < 4.78 is 50.7. The Hall–Kier alpha value is -1.82. The molecule has 0 spiro atoms. The van der Waals surface area contributed by atoms with Crippen LogP contribution in [-0.4, -0.2) is 90.3 Å². The van der Waals surface area contributed by atoms with Crippen LogP contribution >= 0.6 is 0 Å². The van der Waals surface area contributed by atoms with Crippen molar-refractivity contribution >= 4 is 30.8 Å². The zero-order chi connectivity index (χ0) is 43.0. The molecule has 1 saturated heterocycles. The van der Waals surface area contributed by atoms with Crippen LogP contribution in [0.1, 0.15) is 126 Å². The summed E-state index contributed by atoms with van der Waals surface area (Å²) in [6, 6.07) is -0.741. The van der Waals surface area contributed by atoms with E-state index in [1.165, 1.54) is 48.8 Å². The second-order valence-electron chi connectivity index (χ2n) is 22.0. The summed E-state index contributed by atoms with van der Waals surface area (Å²) in [6.45, 7) is 26.8. The Kier molecular flexibility index (Phi) is 12.3. The first-order valence-electron chi connectivity index (χ1n) is 23.3. The Bertz CT molecular complexity index is 1850. The minimum atomic E-state index is -3.28. The lowest BCUT2D eigenvalue weighted by Crippen LogP contribution is -2.68. The molecule has 1 heterocycles. The second-order valence-corrected chi connectivity index (χ2v) is 26.6. The van der Waals surface area contributed by atoms with Crippen LogP contribution in [0.4, 0.5) is 4.39 Å². The van der Waals surface area contributed by atoms with Crippen molar-refractivity contribution in [2.75, 3.05) is 44.4 Å². The van der Waals surface area contributed by atoms with E-state index in [1.807, 2.05) is 18.0 Å². The van der Waals surface area contributed by atoms with E-state index in [0.29, 0.717) is 55.5 Å². The van der Waals surface area contributed by atoms with Gasteiger partial charge in [-0.3, -0.25) is 14.5 Å². The number of sulfone groups is 1. The molecule has 0 aromatic rings. The molecule has 59 heavy (non-hydrogen) atoms. The Balaban J connectivity index is 1.11. The maximum Gasteiger partial charge on any atom is 0.324 e. The topological polar surface area (TPSA) is 102 Å². The third-order valence-electron chi connectivity index (χ3n) is 18.6. The highest BCUT2D eigenvalue weighted by molar-refractivity contribution is 7.91. The first kappa shape index (κ1) is 45.2. The van der Waals surface area contributed by atoms with E-state index in [-0.39, 0.29) is 51.3 Å². The Labute approximate surface area is 358 Å². The van der Waals surface area contributed by atoms with Gasteiger partial charge in [0.1, 0.15) is 12.7 Å². The third-order valence-corrected chi connectivity index (χ3v) is 20.9. The van der Waals surface area contributed by atoms with Gasteiger partial charge in [0.05, 0.1) is 23.5 Å². The van der Waals surface area contributed by atoms with Gasteiger partial charge in [-0.1, -0.05) is 58.9 Å². The molecule has 7 rings (SSSR count). The molecule has 5 fully saturated rings. The number of carbonyl (C=O) groups excluding carboxylic acids is 2. The molecule has 1 N–H and O–H groups in total. The molecule has 7 aliphatic rings. The second kappa shape index (κ2) is 16.1. The first-order valence-corrected chi connectivity index (χ1v) is 27.9. The molecule has 0 bridgehead atoms. The number of hydrogen-bond acceptors (Lipinski definition) is 8. The standard InChI is InChI=1S/C48H77FN2O6SSi/c1-11-56-41(52)37-30-58(54,55)29-28-51(37)27-26-50-48-23-16-34(32(2)3)40(48)36-12-13-39-44(6)19-17-35(33-14-21-47(31-49,22-15-33)42(53)57-59(9)10)43(4,5)38(44)18-20-46(39,8)45(36,7)24-25-48/h14,17,34,36-40,50,59H,2,11-13,15-16,18-31H2,1,3-10H3/t34-,36+,37?,38-,39?,40?,44-,45+,46+,47+,48-/m0/s1. The summed E-state index contributed by atoms with van der Waals surface area (Å²) >= 11 is 0. The lowest BCUT2D eigenvalue weighted by molar-refractivity contribution is -0.221. The van der Waals surface area contributed by atoms with Gasteiger partial charge in [0.15, 0.2) is 9.84 Å². The predicted molar refractivity (Wildman–Crippen MR) is 237 cm³/mol. The molecule has 11 atom stereocenters. The van der Waals surface area contributed by atoms with Gasteiger partial charge in [-0.2, -0.15) is 0 Å². The molecule has 332 valence electrons. The summed E-state index contributed by atoms with van der Waals surface area (Å²) in [5.41, 5.74) is 3.58.